The molecular formula is C20H17ClN2O3. The van der Waals surface area contributed by atoms with Gasteiger partial charge in [0, 0.05) is 34.0 Å². The van der Waals surface area contributed by atoms with Crippen molar-refractivity contribution < 1.29 is 13.9 Å². The minimum absolute atomic E-state index is 0.427. The number of fused-ring (bicyclic) bond motifs is 2. The Labute approximate surface area is 155 Å². The van der Waals surface area contributed by atoms with Crippen molar-refractivity contribution in [3.05, 3.63) is 59.1 Å². The van der Waals surface area contributed by atoms with Gasteiger partial charge in [0.1, 0.15) is 17.0 Å². The molecule has 0 fully saturated rings. The van der Waals surface area contributed by atoms with E-state index in [0.29, 0.717) is 23.2 Å². The lowest BCUT2D eigenvalue weighted by Gasteiger charge is -2.15. The zero-order chi connectivity index (χ0) is 18.1. The van der Waals surface area contributed by atoms with Gasteiger partial charge in [0.05, 0.1) is 14.2 Å². The van der Waals surface area contributed by atoms with E-state index in [1.54, 1.807) is 26.4 Å². The van der Waals surface area contributed by atoms with Crippen molar-refractivity contribution >= 4 is 39.5 Å². The van der Waals surface area contributed by atoms with Gasteiger partial charge >= 0.3 is 0 Å². The van der Waals surface area contributed by atoms with E-state index in [1.165, 1.54) is 0 Å². The molecule has 0 unspecified atom stereocenters. The first-order valence-electron chi connectivity index (χ1n) is 8.12. The van der Waals surface area contributed by atoms with Crippen molar-refractivity contribution in [2.75, 3.05) is 19.5 Å². The van der Waals surface area contributed by atoms with Gasteiger partial charge in [-0.3, -0.25) is 0 Å². The predicted molar refractivity (Wildman–Crippen MR) is 103 cm³/mol. The Morgan fingerprint density at radius 1 is 1.04 bits per heavy atom. The summed E-state index contributed by atoms with van der Waals surface area (Å²) in [6.45, 7) is 0.477. The lowest BCUT2D eigenvalue weighted by Crippen LogP contribution is -2.03. The van der Waals surface area contributed by atoms with Gasteiger partial charge in [0.2, 0.25) is 0 Å². The van der Waals surface area contributed by atoms with Crippen LogP contribution in [-0.4, -0.2) is 19.2 Å². The van der Waals surface area contributed by atoms with Crippen LogP contribution in [0.2, 0.25) is 5.02 Å². The highest BCUT2D eigenvalue weighted by atomic mass is 35.5. The molecule has 0 spiro atoms. The van der Waals surface area contributed by atoms with Crippen molar-refractivity contribution in [1.29, 1.82) is 0 Å². The van der Waals surface area contributed by atoms with E-state index in [1.807, 2.05) is 36.4 Å². The molecule has 1 aromatic heterocycles. The second kappa shape index (κ2) is 6.77. The summed E-state index contributed by atoms with van der Waals surface area (Å²) in [5.41, 5.74) is 2.34. The molecule has 0 aliphatic carbocycles. The van der Waals surface area contributed by atoms with Gasteiger partial charge in [0.15, 0.2) is 5.58 Å². The summed E-state index contributed by atoms with van der Waals surface area (Å²) in [6.07, 6.45) is 0. The fourth-order valence-electron chi connectivity index (χ4n) is 3.06. The first-order valence-corrected chi connectivity index (χ1v) is 8.50. The minimum Gasteiger partial charge on any atom is -0.496 e. The van der Waals surface area contributed by atoms with Crippen LogP contribution in [0.4, 0.5) is 6.01 Å². The second-order valence-electron chi connectivity index (χ2n) is 5.80. The summed E-state index contributed by atoms with van der Waals surface area (Å²) in [5.74, 6) is 1.59. The van der Waals surface area contributed by atoms with E-state index in [2.05, 4.69) is 10.3 Å². The minimum atomic E-state index is 0.427. The Bertz CT molecular complexity index is 1090. The number of halogens is 1. The molecule has 0 saturated carbocycles. The molecule has 0 radical (unpaired) electrons. The van der Waals surface area contributed by atoms with Gasteiger partial charge in [-0.1, -0.05) is 35.9 Å². The zero-order valence-electron chi connectivity index (χ0n) is 14.4. The summed E-state index contributed by atoms with van der Waals surface area (Å²) in [4.78, 5) is 4.42. The SMILES string of the molecule is COc1cc(CNc2nc3ccc(Cl)cc3o2)c(OC)c2ccccc12. The van der Waals surface area contributed by atoms with Crippen LogP contribution < -0.4 is 14.8 Å². The van der Waals surface area contributed by atoms with Gasteiger partial charge in [0.25, 0.3) is 6.01 Å². The van der Waals surface area contributed by atoms with E-state index in [9.17, 15) is 0 Å². The quantitative estimate of drug-likeness (QED) is 0.520. The van der Waals surface area contributed by atoms with Crippen LogP contribution in [0.3, 0.4) is 0 Å². The lowest BCUT2D eigenvalue weighted by molar-refractivity contribution is 0.406. The number of ether oxygens (including phenoxy) is 2. The van der Waals surface area contributed by atoms with Crippen LogP contribution in [-0.2, 0) is 6.54 Å². The Morgan fingerprint density at radius 3 is 2.62 bits per heavy atom. The molecule has 0 amide bonds. The van der Waals surface area contributed by atoms with E-state index in [4.69, 9.17) is 25.5 Å². The van der Waals surface area contributed by atoms with Gasteiger partial charge in [-0.15, -0.1) is 0 Å². The molecule has 4 rings (SSSR count). The van der Waals surface area contributed by atoms with Crippen LogP contribution in [0.5, 0.6) is 11.5 Å². The summed E-state index contributed by atoms with van der Waals surface area (Å²) in [5, 5.41) is 5.82. The fourth-order valence-corrected chi connectivity index (χ4v) is 3.22. The zero-order valence-corrected chi connectivity index (χ0v) is 15.1. The molecule has 0 saturated heterocycles. The van der Waals surface area contributed by atoms with E-state index >= 15 is 0 Å². The Balaban J connectivity index is 1.69. The van der Waals surface area contributed by atoms with Gasteiger partial charge in [-0.25, -0.2) is 0 Å². The standard InChI is InChI=1S/C20H17ClN2O3/c1-24-17-9-12(19(25-2)15-6-4-3-5-14(15)17)11-22-20-23-16-8-7-13(21)10-18(16)26-20/h3-10H,11H2,1-2H3,(H,22,23). The maximum Gasteiger partial charge on any atom is 0.295 e. The first kappa shape index (κ1) is 16.5. The molecule has 0 aliphatic heterocycles. The topological polar surface area (TPSA) is 56.5 Å². The highest BCUT2D eigenvalue weighted by Crippen LogP contribution is 2.37. The van der Waals surface area contributed by atoms with Crippen molar-refractivity contribution in [1.82, 2.24) is 4.98 Å². The number of aromatic nitrogens is 1. The third kappa shape index (κ3) is 2.91. The molecule has 6 heteroatoms. The number of nitrogens with one attached hydrogen (secondary N) is 1. The first-order chi connectivity index (χ1) is 12.7. The average Bonchev–Trinajstić information content (AvgIpc) is 3.07. The Morgan fingerprint density at radius 2 is 1.85 bits per heavy atom. The Hall–Kier alpha value is -2.92. The van der Waals surface area contributed by atoms with Crippen molar-refractivity contribution in [3.63, 3.8) is 0 Å². The molecule has 0 atom stereocenters. The van der Waals surface area contributed by atoms with Gasteiger partial charge < -0.3 is 19.2 Å². The monoisotopic (exact) mass is 368 g/mol. The largest absolute Gasteiger partial charge is 0.496 e. The molecular weight excluding hydrogens is 352 g/mol. The molecule has 26 heavy (non-hydrogen) atoms. The van der Waals surface area contributed by atoms with E-state index in [-0.39, 0.29) is 0 Å². The van der Waals surface area contributed by atoms with Crippen molar-refractivity contribution in [3.8, 4) is 11.5 Å². The molecule has 1 N–H and O–H groups in total. The maximum atomic E-state index is 5.99. The molecule has 1 heterocycles. The molecule has 3 aromatic carbocycles. The Kier molecular flexibility index (Phi) is 4.31. The van der Waals surface area contributed by atoms with Crippen LogP contribution in [0.25, 0.3) is 21.9 Å². The summed E-state index contributed by atoms with van der Waals surface area (Å²) >= 11 is 5.99. The molecule has 0 aliphatic rings. The molecule has 132 valence electrons. The number of nitrogens with zero attached hydrogens (tertiary/aromatic N) is 1. The number of hydrogen-bond donors (Lipinski definition) is 1. The fraction of sp³-hybridized carbons (Fsp3) is 0.150. The number of anilines is 1. The van der Waals surface area contributed by atoms with E-state index in [0.717, 1.165) is 33.4 Å². The van der Waals surface area contributed by atoms with E-state index < -0.39 is 0 Å². The van der Waals surface area contributed by atoms with Crippen LogP contribution in [0.15, 0.2) is 52.9 Å². The number of oxazole rings is 1. The van der Waals surface area contributed by atoms with Crippen LogP contribution >= 0.6 is 11.6 Å². The lowest BCUT2D eigenvalue weighted by atomic mass is 10.0. The number of rotatable bonds is 5. The third-order valence-corrected chi connectivity index (χ3v) is 4.47. The predicted octanol–water partition coefficient (Wildman–Crippen LogP) is 5.26. The number of methoxy groups -OCH3 is 2. The smallest absolute Gasteiger partial charge is 0.295 e. The van der Waals surface area contributed by atoms with Gasteiger partial charge in [-0.05, 0) is 18.2 Å². The molecule has 4 aromatic rings. The molecule has 5 nitrogen and oxygen atoms in total. The average molecular weight is 369 g/mol. The summed E-state index contributed by atoms with van der Waals surface area (Å²) in [7, 11) is 3.33. The van der Waals surface area contributed by atoms with Crippen molar-refractivity contribution in [2.24, 2.45) is 0 Å². The highest BCUT2D eigenvalue weighted by molar-refractivity contribution is 6.31. The summed E-state index contributed by atoms with van der Waals surface area (Å²) in [6, 6.07) is 15.7. The number of benzene rings is 3. The normalized spacial score (nSPS) is 11.0. The van der Waals surface area contributed by atoms with Gasteiger partial charge in [-0.2, -0.15) is 4.98 Å². The maximum absolute atomic E-state index is 5.99. The number of hydrogen-bond acceptors (Lipinski definition) is 5. The van der Waals surface area contributed by atoms with Crippen LogP contribution in [0.1, 0.15) is 5.56 Å². The summed E-state index contributed by atoms with van der Waals surface area (Å²) < 4.78 is 16.9. The van der Waals surface area contributed by atoms with Crippen molar-refractivity contribution in [2.45, 2.75) is 6.54 Å². The third-order valence-electron chi connectivity index (χ3n) is 4.24. The molecule has 0 bridgehead atoms. The van der Waals surface area contributed by atoms with Crippen LogP contribution in [0, 0.1) is 0 Å². The highest BCUT2D eigenvalue weighted by Gasteiger charge is 2.14. The second-order valence-corrected chi connectivity index (χ2v) is 6.24.